The quantitative estimate of drug-likeness (QED) is 0.752. The fourth-order valence-corrected chi connectivity index (χ4v) is 1.97. The minimum atomic E-state index is -0.534. The summed E-state index contributed by atoms with van der Waals surface area (Å²) in [6, 6.07) is 0.163. The molecule has 1 aromatic rings. The summed E-state index contributed by atoms with van der Waals surface area (Å²) in [4.78, 5) is 23.5. The molecule has 0 aliphatic carbocycles. The van der Waals surface area contributed by atoms with E-state index in [9.17, 15) is 9.59 Å². The molecule has 20 heavy (non-hydrogen) atoms. The molecular weight excluding hydrogens is 260 g/mol. The lowest BCUT2D eigenvalue weighted by Gasteiger charge is -2.15. The number of nitrogens with one attached hydrogen (secondary N) is 1. The van der Waals surface area contributed by atoms with E-state index in [0.717, 1.165) is 12.8 Å². The monoisotopic (exact) mass is 282 g/mol. The van der Waals surface area contributed by atoms with Gasteiger partial charge in [-0.3, -0.25) is 4.79 Å². The van der Waals surface area contributed by atoms with Gasteiger partial charge < -0.3 is 10.1 Å². The smallest absolute Gasteiger partial charge is 0.360 e. The Kier molecular flexibility index (Phi) is 6.14. The van der Waals surface area contributed by atoms with Crippen molar-refractivity contribution < 1.29 is 14.3 Å². The van der Waals surface area contributed by atoms with Crippen molar-refractivity contribution in [3.05, 3.63) is 11.4 Å². The normalized spacial score (nSPS) is 10.7. The summed E-state index contributed by atoms with van der Waals surface area (Å²) >= 11 is 0. The third kappa shape index (κ3) is 3.79. The van der Waals surface area contributed by atoms with E-state index in [1.165, 1.54) is 11.8 Å². The molecule has 1 N–H and O–H groups in total. The Labute approximate surface area is 118 Å². The molecule has 1 rings (SSSR count). The van der Waals surface area contributed by atoms with E-state index < -0.39 is 5.97 Å². The van der Waals surface area contributed by atoms with Gasteiger partial charge in [-0.1, -0.05) is 26.0 Å². The Morgan fingerprint density at radius 2 is 1.95 bits per heavy atom. The van der Waals surface area contributed by atoms with Crippen molar-refractivity contribution in [1.82, 2.24) is 20.3 Å². The highest BCUT2D eigenvalue weighted by atomic mass is 16.5. The first-order valence-electron chi connectivity index (χ1n) is 6.87. The summed E-state index contributed by atoms with van der Waals surface area (Å²) < 4.78 is 6.09. The second-order valence-corrected chi connectivity index (χ2v) is 4.47. The number of amides is 1. The van der Waals surface area contributed by atoms with Crippen molar-refractivity contribution in [3.8, 4) is 0 Å². The van der Waals surface area contributed by atoms with E-state index in [-0.39, 0.29) is 24.2 Å². The standard InChI is InChI=1S/C13H22N4O3/c1-5-9(6-2)14-11(18)8-17-10(7-3)12(15-16-17)13(19)20-4/h9H,5-8H2,1-4H3,(H,14,18). The first-order valence-corrected chi connectivity index (χ1v) is 6.87. The predicted molar refractivity (Wildman–Crippen MR) is 73.3 cm³/mol. The van der Waals surface area contributed by atoms with Gasteiger partial charge in [0.05, 0.1) is 12.8 Å². The first kappa shape index (κ1) is 16.1. The number of carbonyl (C=O) groups is 2. The average Bonchev–Trinajstić information content (AvgIpc) is 2.86. The molecule has 0 spiro atoms. The zero-order chi connectivity index (χ0) is 15.1. The number of ether oxygens (including phenoxy) is 1. The van der Waals surface area contributed by atoms with Crippen molar-refractivity contribution in [2.45, 2.75) is 52.6 Å². The number of rotatable bonds is 7. The lowest BCUT2D eigenvalue weighted by Crippen LogP contribution is -2.36. The van der Waals surface area contributed by atoms with Crippen LogP contribution in [0.4, 0.5) is 0 Å². The Morgan fingerprint density at radius 1 is 1.30 bits per heavy atom. The number of hydrogen-bond donors (Lipinski definition) is 1. The lowest BCUT2D eigenvalue weighted by molar-refractivity contribution is -0.122. The van der Waals surface area contributed by atoms with Crippen LogP contribution in [-0.2, 0) is 22.5 Å². The van der Waals surface area contributed by atoms with Gasteiger partial charge in [-0.15, -0.1) is 5.10 Å². The summed E-state index contributed by atoms with van der Waals surface area (Å²) in [6.45, 7) is 5.98. The Balaban J connectivity index is 2.80. The van der Waals surface area contributed by atoms with E-state index in [0.29, 0.717) is 12.1 Å². The third-order valence-electron chi connectivity index (χ3n) is 3.20. The van der Waals surface area contributed by atoms with Crippen LogP contribution in [0.1, 0.15) is 49.8 Å². The van der Waals surface area contributed by atoms with Crippen LogP contribution >= 0.6 is 0 Å². The maximum atomic E-state index is 11.9. The maximum Gasteiger partial charge on any atom is 0.360 e. The van der Waals surface area contributed by atoms with Crippen LogP contribution in [0.25, 0.3) is 0 Å². The molecule has 0 bridgehead atoms. The second-order valence-electron chi connectivity index (χ2n) is 4.47. The minimum absolute atomic E-state index is 0.0592. The van der Waals surface area contributed by atoms with Crippen molar-refractivity contribution in [2.24, 2.45) is 0 Å². The third-order valence-corrected chi connectivity index (χ3v) is 3.20. The van der Waals surface area contributed by atoms with Crippen LogP contribution in [0, 0.1) is 0 Å². The van der Waals surface area contributed by atoms with Gasteiger partial charge in [-0.25, -0.2) is 9.48 Å². The van der Waals surface area contributed by atoms with E-state index in [2.05, 4.69) is 20.4 Å². The number of nitrogens with zero attached hydrogens (tertiary/aromatic N) is 3. The highest BCUT2D eigenvalue weighted by molar-refractivity contribution is 5.88. The maximum absolute atomic E-state index is 11.9. The van der Waals surface area contributed by atoms with Gasteiger partial charge in [-0.05, 0) is 19.3 Å². The van der Waals surface area contributed by atoms with Crippen LogP contribution in [0.2, 0.25) is 0 Å². The summed E-state index contributed by atoms with van der Waals surface area (Å²) in [5, 5.41) is 10.6. The summed E-state index contributed by atoms with van der Waals surface area (Å²) in [6.07, 6.45) is 2.32. The highest BCUT2D eigenvalue weighted by Gasteiger charge is 2.20. The van der Waals surface area contributed by atoms with Crippen molar-refractivity contribution >= 4 is 11.9 Å². The van der Waals surface area contributed by atoms with Gasteiger partial charge >= 0.3 is 5.97 Å². The first-order chi connectivity index (χ1) is 9.57. The van der Waals surface area contributed by atoms with Crippen molar-refractivity contribution in [3.63, 3.8) is 0 Å². The molecule has 112 valence electrons. The van der Waals surface area contributed by atoms with Crippen LogP contribution in [-0.4, -0.2) is 40.0 Å². The van der Waals surface area contributed by atoms with Gasteiger partial charge in [0, 0.05) is 6.04 Å². The molecule has 0 saturated heterocycles. The Bertz CT molecular complexity index is 466. The molecular formula is C13H22N4O3. The molecule has 0 fully saturated rings. The van der Waals surface area contributed by atoms with Gasteiger partial charge in [0.25, 0.3) is 0 Å². The molecule has 1 aromatic heterocycles. The zero-order valence-electron chi connectivity index (χ0n) is 12.5. The van der Waals surface area contributed by atoms with Gasteiger partial charge in [0.15, 0.2) is 5.69 Å². The molecule has 0 unspecified atom stereocenters. The Morgan fingerprint density at radius 3 is 2.45 bits per heavy atom. The van der Waals surface area contributed by atoms with Gasteiger partial charge in [-0.2, -0.15) is 0 Å². The molecule has 7 nitrogen and oxygen atoms in total. The minimum Gasteiger partial charge on any atom is -0.464 e. The molecule has 1 amide bonds. The van der Waals surface area contributed by atoms with E-state index in [1.54, 1.807) is 0 Å². The molecule has 0 atom stereocenters. The van der Waals surface area contributed by atoms with Crippen molar-refractivity contribution in [2.75, 3.05) is 7.11 Å². The fourth-order valence-electron chi connectivity index (χ4n) is 1.97. The largest absolute Gasteiger partial charge is 0.464 e. The fraction of sp³-hybridized carbons (Fsp3) is 0.692. The van der Waals surface area contributed by atoms with Crippen LogP contribution in [0.15, 0.2) is 0 Å². The molecule has 0 saturated carbocycles. The summed E-state index contributed by atoms with van der Waals surface area (Å²) in [5.41, 5.74) is 0.780. The van der Waals surface area contributed by atoms with E-state index in [1.807, 2.05) is 20.8 Å². The van der Waals surface area contributed by atoms with Gasteiger partial charge in [0.2, 0.25) is 5.91 Å². The SMILES string of the molecule is CCc1c(C(=O)OC)nnn1CC(=O)NC(CC)CC. The molecule has 0 aliphatic heterocycles. The highest BCUT2D eigenvalue weighted by Crippen LogP contribution is 2.08. The number of aromatic nitrogens is 3. The van der Waals surface area contributed by atoms with Crippen LogP contribution in [0.3, 0.4) is 0 Å². The molecule has 0 aliphatic rings. The predicted octanol–water partition coefficient (Wildman–Crippen LogP) is 0.932. The second kappa shape index (κ2) is 7.62. The van der Waals surface area contributed by atoms with E-state index in [4.69, 9.17) is 0 Å². The van der Waals surface area contributed by atoms with E-state index >= 15 is 0 Å². The molecule has 0 radical (unpaired) electrons. The van der Waals surface area contributed by atoms with Crippen LogP contribution < -0.4 is 5.32 Å². The van der Waals surface area contributed by atoms with Crippen molar-refractivity contribution in [1.29, 1.82) is 0 Å². The lowest BCUT2D eigenvalue weighted by atomic mass is 10.2. The summed E-state index contributed by atoms with van der Waals surface area (Å²) in [7, 11) is 1.29. The number of esters is 1. The topological polar surface area (TPSA) is 86.1 Å². The Hall–Kier alpha value is -1.92. The molecule has 0 aromatic carbocycles. The molecule has 7 heteroatoms. The van der Waals surface area contributed by atoms with Gasteiger partial charge in [0.1, 0.15) is 6.54 Å². The molecule has 1 heterocycles. The number of methoxy groups -OCH3 is 1. The average molecular weight is 282 g/mol. The number of hydrogen-bond acceptors (Lipinski definition) is 5. The number of carbonyl (C=O) groups excluding carboxylic acids is 2. The van der Waals surface area contributed by atoms with Crippen LogP contribution in [0.5, 0.6) is 0 Å². The summed E-state index contributed by atoms with van der Waals surface area (Å²) in [5.74, 6) is -0.664. The zero-order valence-corrected chi connectivity index (χ0v) is 12.5.